The van der Waals surface area contributed by atoms with Gasteiger partial charge in [-0.1, -0.05) is 12.1 Å². The zero-order valence-electron chi connectivity index (χ0n) is 10.4. The highest BCUT2D eigenvalue weighted by Crippen LogP contribution is 2.12. The molecule has 0 atom stereocenters. The van der Waals surface area contributed by atoms with Gasteiger partial charge in [0.1, 0.15) is 5.75 Å². The molecule has 4 nitrogen and oxygen atoms in total. The van der Waals surface area contributed by atoms with Crippen LogP contribution >= 0.6 is 0 Å². The molecular formula is C12H16O4Si. The molecule has 0 aliphatic carbocycles. The monoisotopic (exact) mass is 252 g/mol. The SMILES string of the molecule is CC(=O)Oc1ccc([Si](C)(C)OC(C)=O)cc1. The molecule has 0 unspecified atom stereocenters. The third-order valence-electron chi connectivity index (χ3n) is 2.21. The van der Waals surface area contributed by atoms with Crippen molar-refractivity contribution in [2.75, 3.05) is 0 Å². The van der Waals surface area contributed by atoms with Crippen LogP contribution < -0.4 is 9.92 Å². The van der Waals surface area contributed by atoms with Crippen molar-refractivity contribution in [2.24, 2.45) is 0 Å². The van der Waals surface area contributed by atoms with Gasteiger partial charge in [-0.25, -0.2) is 0 Å². The molecule has 0 saturated heterocycles. The van der Waals surface area contributed by atoms with Crippen LogP contribution in [0.5, 0.6) is 5.75 Å². The molecule has 1 rings (SSSR count). The van der Waals surface area contributed by atoms with Gasteiger partial charge in [0, 0.05) is 13.8 Å². The summed E-state index contributed by atoms with van der Waals surface area (Å²) in [6, 6.07) is 7.06. The molecule has 0 saturated carbocycles. The van der Waals surface area contributed by atoms with Gasteiger partial charge in [0.25, 0.3) is 14.3 Å². The first-order chi connectivity index (χ1) is 7.81. The van der Waals surface area contributed by atoms with Gasteiger partial charge < -0.3 is 9.16 Å². The van der Waals surface area contributed by atoms with E-state index in [-0.39, 0.29) is 11.9 Å². The minimum absolute atomic E-state index is 0.272. The van der Waals surface area contributed by atoms with Gasteiger partial charge >= 0.3 is 5.97 Å². The average molecular weight is 252 g/mol. The number of rotatable bonds is 3. The quantitative estimate of drug-likeness (QED) is 0.466. The number of carbonyl (C=O) groups excluding carboxylic acids is 2. The smallest absolute Gasteiger partial charge is 0.308 e. The fourth-order valence-corrected chi connectivity index (χ4v) is 3.31. The highest BCUT2D eigenvalue weighted by Gasteiger charge is 2.28. The standard InChI is InChI=1S/C12H16O4Si/c1-9(13)15-11-5-7-12(8-6-11)17(3,4)16-10(2)14/h5-8H,1-4H3. The maximum absolute atomic E-state index is 11.0. The summed E-state index contributed by atoms with van der Waals surface area (Å²) in [6.45, 7) is 6.64. The van der Waals surface area contributed by atoms with E-state index in [9.17, 15) is 9.59 Å². The Balaban J connectivity index is 2.86. The number of carbonyl (C=O) groups is 2. The van der Waals surface area contributed by atoms with E-state index in [0.717, 1.165) is 5.19 Å². The van der Waals surface area contributed by atoms with Crippen molar-refractivity contribution >= 4 is 25.4 Å². The Kier molecular flexibility index (Phi) is 4.06. The normalized spacial score (nSPS) is 10.8. The molecule has 1 aromatic carbocycles. The summed E-state index contributed by atoms with van der Waals surface area (Å²) in [7, 11) is -2.20. The lowest BCUT2D eigenvalue weighted by molar-refractivity contribution is -0.133. The summed E-state index contributed by atoms with van der Waals surface area (Å²) in [5.41, 5.74) is 0. The van der Waals surface area contributed by atoms with Crippen LogP contribution in [0.3, 0.4) is 0 Å². The van der Waals surface area contributed by atoms with Crippen molar-refractivity contribution in [1.29, 1.82) is 0 Å². The summed E-state index contributed by atoms with van der Waals surface area (Å²) in [6.07, 6.45) is 0. The number of esters is 1. The Morgan fingerprint density at radius 2 is 1.53 bits per heavy atom. The molecule has 5 heteroatoms. The summed E-state index contributed by atoms with van der Waals surface area (Å²) < 4.78 is 10.3. The molecule has 0 bridgehead atoms. The van der Waals surface area contributed by atoms with E-state index in [4.69, 9.17) is 9.16 Å². The molecule has 0 aliphatic heterocycles. The van der Waals surface area contributed by atoms with Gasteiger partial charge in [-0.05, 0) is 30.4 Å². The Morgan fingerprint density at radius 3 is 1.94 bits per heavy atom. The zero-order chi connectivity index (χ0) is 13.1. The molecular weight excluding hydrogens is 236 g/mol. The predicted molar refractivity (Wildman–Crippen MR) is 66.6 cm³/mol. The highest BCUT2D eigenvalue weighted by molar-refractivity contribution is 6.85. The van der Waals surface area contributed by atoms with Crippen molar-refractivity contribution in [3.8, 4) is 5.75 Å². The number of hydrogen-bond acceptors (Lipinski definition) is 4. The first kappa shape index (κ1) is 13.4. The van der Waals surface area contributed by atoms with Crippen LogP contribution in [0.25, 0.3) is 0 Å². The molecule has 0 aromatic heterocycles. The van der Waals surface area contributed by atoms with Gasteiger partial charge in [-0.15, -0.1) is 0 Å². The number of hydrogen-bond donors (Lipinski definition) is 0. The van der Waals surface area contributed by atoms with Crippen LogP contribution in [-0.4, -0.2) is 20.3 Å². The Bertz CT molecular complexity index is 423. The lowest BCUT2D eigenvalue weighted by atomic mass is 10.3. The molecule has 0 fully saturated rings. The van der Waals surface area contributed by atoms with Crippen molar-refractivity contribution in [2.45, 2.75) is 26.9 Å². The maximum Gasteiger partial charge on any atom is 0.308 e. The second-order valence-electron chi connectivity index (χ2n) is 4.22. The van der Waals surface area contributed by atoms with Crippen molar-refractivity contribution < 1.29 is 18.8 Å². The molecule has 92 valence electrons. The van der Waals surface area contributed by atoms with Gasteiger partial charge in [0.05, 0.1) is 0 Å². The predicted octanol–water partition coefficient (Wildman–Crippen LogP) is 1.59. The molecule has 0 amide bonds. The molecule has 17 heavy (non-hydrogen) atoms. The third-order valence-corrected chi connectivity index (χ3v) is 4.73. The fourth-order valence-electron chi connectivity index (χ4n) is 1.51. The highest BCUT2D eigenvalue weighted by atomic mass is 28.4. The van der Waals surface area contributed by atoms with E-state index in [0.29, 0.717) is 5.75 Å². The molecule has 0 aliphatic rings. The fraction of sp³-hybridized carbons (Fsp3) is 0.333. The minimum Gasteiger partial charge on any atom is -0.515 e. The van der Waals surface area contributed by atoms with E-state index in [2.05, 4.69) is 0 Å². The van der Waals surface area contributed by atoms with Crippen LogP contribution in [0, 0.1) is 0 Å². The van der Waals surface area contributed by atoms with E-state index >= 15 is 0 Å². The molecule has 0 radical (unpaired) electrons. The van der Waals surface area contributed by atoms with E-state index in [1.54, 1.807) is 12.1 Å². The van der Waals surface area contributed by atoms with E-state index < -0.39 is 8.32 Å². The van der Waals surface area contributed by atoms with Crippen LogP contribution in [0.2, 0.25) is 13.1 Å². The van der Waals surface area contributed by atoms with Gasteiger partial charge in [-0.2, -0.15) is 0 Å². The van der Waals surface area contributed by atoms with Crippen molar-refractivity contribution in [3.05, 3.63) is 24.3 Å². The van der Waals surface area contributed by atoms with Gasteiger partial charge in [-0.3, -0.25) is 9.59 Å². The van der Waals surface area contributed by atoms with Crippen LogP contribution in [0.15, 0.2) is 24.3 Å². The first-order valence-electron chi connectivity index (χ1n) is 5.30. The van der Waals surface area contributed by atoms with Crippen molar-refractivity contribution in [3.63, 3.8) is 0 Å². The van der Waals surface area contributed by atoms with Crippen molar-refractivity contribution in [1.82, 2.24) is 0 Å². The van der Waals surface area contributed by atoms with Gasteiger partial charge in [0.15, 0.2) is 0 Å². The molecule has 0 N–H and O–H groups in total. The Labute approximate surface area is 102 Å². The zero-order valence-corrected chi connectivity index (χ0v) is 11.4. The second-order valence-corrected chi connectivity index (χ2v) is 8.02. The third kappa shape index (κ3) is 4.03. The second kappa shape index (κ2) is 5.14. The van der Waals surface area contributed by atoms with Crippen LogP contribution in [0.1, 0.15) is 13.8 Å². The topological polar surface area (TPSA) is 52.6 Å². The van der Waals surface area contributed by atoms with E-state index in [1.165, 1.54) is 13.8 Å². The number of ether oxygens (including phenoxy) is 1. The summed E-state index contributed by atoms with van der Waals surface area (Å²) in [5, 5.41) is 0.976. The average Bonchev–Trinajstić information content (AvgIpc) is 2.15. The summed E-state index contributed by atoms with van der Waals surface area (Å²) in [4.78, 5) is 21.7. The van der Waals surface area contributed by atoms with Crippen LogP contribution in [-0.2, 0) is 14.0 Å². The largest absolute Gasteiger partial charge is 0.515 e. The Hall–Kier alpha value is -1.62. The number of benzene rings is 1. The molecule has 0 spiro atoms. The van der Waals surface area contributed by atoms with Crippen LogP contribution in [0.4, 0.5) is 0 Å². The molecule has 1 aromatic rings. The lowest BCUT2D eigenvalue weighted by Crippen LogP contribution is -2.45. The minimum atomic E-state index is -2.20. The molecule has 0 heterocycles. The summed E-state index contributed by atoms with van der Waals surface area (Å²) >= 11 is 0. The first-order valence-corrected chi connectivity index (χ1v) is 8.20. The summed E-state index contributed by atoms with van der Waals surface area (Å²) in [5.74, 6) is -0.131. The lowest BCUT2D eigenvalue weighted by Gasteiger charge is -2.22. The van der Waals surface area contributed by atoms with Gasteiger partial charge in [0.2, 0.25) is 0 Å². The van der Waals surface area contributed by atoms with E-state index in [1.807, 2.05) is 25.2 Å². The maximum atomic E-state index is 11.0. The Morgan fingerprint density at radius 1 is 1.00 bits per heavy atom.